The lowest BCUT2D eigenvalue weighted by Crippen LogP contribution is -2.34. The zero-order valence-electron chi connectivity index (χ0n) is 12.9. The zero-order chi connectivity index (χ0) is 15.8. The van der Waals surface area contributed by atoms with Crippen LogP contribution in [0.15, 0.2) is 12.1 Å². The molecule has 0 aliphatic heterocycles. The van der Waals surface area contributed by atoms with E-state index >= 15 is 0 Å². The van der Waals surface area contributed by atoms with Crippen molar-refractivity contribution >= 4 is 21.8 Å². The van der Waals surface area contributed by atoms with Gasteiger partial charge in [0.15, 0.2) is 11.5 Å². The van der Waals surface area contributed by atoms with Gasteiger partial charge < -0.3 is 19.5 Å². The molecule has 0 saturated heterocycles. The molecule has 1 aromatic carbocycles. The Morgan fingerprint density at radius 1 is 1.19 bits per heavy atom. The number of hydrogen-bond acceptors (Lipinski definition) is 4. The van der Waals surface area contributed by atoms with Crippen molar-refractivity contribution in [3.63, 3.8) is 0 Å². The lowest BCUT2D eigenvalue weighted by Gasteiger charge is -2.17. The van der Waals surface area contributed by atoms with E-state index in [0.717, 1.165) is 18.2 Å². The van der Waals surface area contributed by atoms with Gasteiger partial charge in [-0.25, -0.2) is 0 Å². The number of carbonyl (C=O) groups is 1. The summed E-state index contributed by atoms with van der Waals surface area (Å²) < 4.78 is 15.8. The highest BCUT2D eigenvalue weighted by molar-refractivity contribution is 9.09. The van der Waals surface area contributed by atoms with Crippen LogP contribution in [0.3, 0.4) is 0 Å². The van der Waals surface area contributed by atoms with Gasteiger partial charge in [-0.1, -0.05) is 22.9 Å². The third-order valence-electron chi connectivity index (χ3n) is 3.21. The van der Waals surface area contributed by atoms with E-state index in [-0.39, 0.29) is 11.9 Å². The molecule has 0 radical (unpaired) electrons. The van der Waals surface area contributed by atoms with Crippen molar-refractivity contribution in [2.24, 2.45) is 0 Å². The van der Waals surface area contributed by atoms with E-state index < -0.39 is 0 Å². The van der Waals surface area contributed by atoms with E-state index in [2.05, 4.69) is 21.2 Å². The lowest BCUT2D eigenvalue weighted by atomic mass is 10.1. The SMILES string of the molecule is CCC(CCBr)NC(=O)c1cc(OC)c(OC)c(OC)c1. The predicted molar refractivity (Wildman–Crippen MR) is 86.1 cm³/mol. The van der Waals surface area contributed by atoms with Crippen molar-refractivity contribution in [2.75, 3.05) is 26.7 Å². The Hall–Kier alpha value is -1.43. The molecule has 118 valence electrons. The van der Waals surface area contributed by atoms with Gasteiger partial charge in [-0.15, -0.1) is 0 Å². The normalized spacial score (nSPS) is 11.7. The molecular weight excluding hydrogens is 338 g/mol. The highest BCUT2D eigenvalue weighted by Gasteiger charge is 2.18. The highest BCUT2D eigenvalue weighted by Crippen LogP contribution is 2.38. The smallest absolute Gasteiger partial charge is 0.251 e. The van der Waals surface area contributed by atoms with Crippen LogP contribution in [0.4, 0.5) is 0 Å². The van der Waals surface area contributed by atoms with Gasteiger partial charge >= 0.3 is 0 Å². The number of carbonyl (C=O) groups excluding carboxylic acids is 1. The summed E-state index contributed by atoms with van der Waals surface area (Å²) in [6.07, 6.45) is 1.76. The molecule has 0 fully saturated rings. The molecule has 0 saturated carbocycles. The first kappa shape index (κ1) is 17.6. The molecule has 0 aliphatic carbocycles. The average Bonchev–Trinajstić information content (AvgIpc) is 2.52. The molecule has 0 aromatic heterocycles. The molecule has 21 heavy (non-hydrogen) atoms. The Bertz CT molecular complexity index is 454. The maximum Gasteiger partial charge on any atom is 0.251 e. The van der Waals surface area contributed by atoms with Crippen molar-refractivity contribution in [3.05, 3.63) is 17.7 Å². The fraction of sp³-hybridized carbons (Fsp3) is 0.533. The Labute approximate surface area is 134 Å². The van der Waals surface area contributed by atoms with Gasteiger partial charge in [0, 0.05) is 16.9 Å². The van der Waals surface area contributed by atoms with Crippen molar-refractivity contribution in [2.45, 2.75) is 25.8 Å². The second-order valence-corrected chi connectivity index (χ2v) is 5.26. The molecule has 1 rings (SSSR count). The first-order valence-electron chi connectivity index (χ1n) is 6.78. The van der Waals surface area contributed by atoms with Gasteiger partial charge in [-0.3, -0.25) is 4.79 Å². The van der Waals surface area contributed by atoms with Gasteiger partial charge in [0.05, 0.1) is 21.3 Å². The number of rotatable bonds is 8. The van der Waals surface area contributed by atoms with Gasteiger partial charge in [-0.05, 0) is 25.0 Å². The molecule has 0 bridgehead atoms. The summed E-state index contributed by atoms with van der Waals surface area (Å²) >= 11 is 3.39. The van der Waals surface area contributed by atoms with E-state index in [1.54, 1.807) is 12.1 Å². The number of halogens is 1. The number of methoxy groups -OCH3 is 3. The fourth-order valence-corrected chi connectivity index (χ4v) is 2.54. The molecular formula is C15H22BrNO4. The maximum atomic E-state index is 12.3. The molecule has 0 aliphatic rings. The summed E-state index contributed by atoms with van der Waals surface area (Å²) in [6.45, 7) is 2.04. The summed E-state index contributed by atoms with van der Waals surface area (Å²) in [6, 6.07) is 3.44. The van der Waals surface area contributed by atoms with Crippen LogP contribution in [-0.2, 0) is 0 Å². The highest BCUT2D eigenvalue weighted by atomic mass is 79.9. The van der Waals surface area contributed by atoms with Crippen LogP contribution in [0.1, 0.15) is 30.1 Å². The summed E-state index contributed by atoms with van der Waals surface area (Å²) in [7, 11) is 4.58. The molecule has 1 atom stereocenters. The molecule has 0 spiro atoms. The van der Waals surface area contributed by atoms with E-state index in [1.807, 2.05) is 6.92 Å². The minimum absolute atomic E-state index is 0.135. The van der Waals surface area contributed by atoms with Crippen molar-refractivity contribution in [1.82, 2.24) is 5.32 Å². The topological polar surface area (TPSA) is 56.8 Å². The summed E-state index contributed by atoms with van der Waals surface area (Å²) in [5.41, 5.74) is 0.484. The number of benzene rings is 1. The van der Waals surface area contributed by atoms with Crippen LogP contribution in [0, 0.1) is 0 Å². The van der Waals surface area contributed by atoms with Crippen LogP contribution in [0.5, 0.6) is 17.2 Å². The van der Waals surface area contributed by atoms with E-state index in [9.17, 15) is 4.79 Å². The van der Waals surface area contributed by atoms with Crippen LogP contribution >= 0.6 is 15.9 Å². The van der Waals surface area contributed by atoms with E-state index in [0.29, 0.717) is 22.8 Å². The third kappa shape index (κ3) is 4.52. The Kier molecular flexibility index (Phi) is 7.36. The molecule has 0 heterocycles. The Balaban J connectivity index is 3.04. The van der Waals surface area contributed by atoms with Gasteiger partial charge in [0.2, 0.25) is 5.75 Å². The second-order valence-electron chi connectivity index (χ2n) is 4.47. The number of nitrogens with one attached hydrogen (secondary N) is 1. The molecule has 1 unspecified atom stereocenters. The molecule has 6 heteroatoms. The number of alkyl halides is 1. The first-order valence-corrected chi connectivity index (χ1v) is 7.90. The van der Waals surface area contributed by atoms with Crippen molar-refractivity contribution < 1.29 is 19.0 Å². The number of amides is 1. The monoisotopic (exact) mass is 359 g/mol. The second kappa shape index (κ2) is 8.77. The molecule has 5 nitrogen and oxygen atoms in total. The number of ether oxygens (including phenoxy) is 3. The zero-order valence-corrected chi connectivity index (χ0v) is 14.5. The Morgan fingerprint density at radius 3 is 2.14 bits per heavy atom. The molecule has 1 N–H and O–H groups in total. The fourth-order valence-electron chi connectivity index (χ4n) is 1.99. The summed E-state index contributed by atoms with van der Waals surface area (Å²) in [5.74, 6) is 1.26. The largest absolute Gasteiger partial charge is 0.493 e. The maximum absolute atomic E-state index is 12.3. The van der Waals surface area contributed by atoms with E-state index in [1.165, 1.54) is 21.3 Å². The van der Waals surface area contributed by atoms with Crippen molar-refractivity contribution in [3.8, 4) is 17.2 Å². The van der Waals surface area contributed by atoms with E-state index in [4.69, 9.17) is 14.2 Å². The summed E-state index contributed by atoms with van der Waals surface area (Å²) in [4.78, 5) is 12.3. The van der Waals surface area contributed by atoms with Crippen LogP contribution in [0.25, 0.3) is 0 Å². The van der Waals surface area contributed by atoms with Crippen molar-refractivity contribution in [1.29, 1.82) is 0 Å². The van der Waals surface area contributed by atoms with Crippen LogP contribution < -0.4 is 19.5 Å². The standard InChI is InChI=1S/C15H22BrNO4/c1-5-11(6-7-16)17-15(18)10-8-12(19-2)14(21-4)13(9-10)20-3/h8-9,11H,5-7H2,1-4H3,(H,17,18). The molecule has 1 amide bonds. The Morgan fingerprint density at radius 2 is 1.76 bits per heavy atom. The average molecular weight is 360 g/mol. The summed E-state index contributed by atoms with van der Waals surface area (Å²) in [5, 5.41) is 3.85. The minimum Gasteiger partial charge on any atom is -0.493 e. The minimum atomic E-state index is -0.151. The lowest BCUT2D eigenvalue weighted by molar-refractivity contribution is 0.0934. The van der Waals surface area contributed by atoms with Crippen LogP contribution in [-0.4, -0.2) is 38.6 Å². The quantitative estimate of drug-likeness (QED) is 0.724. The third-order valence-corrected chi connectivity index (χ3v) is 3.67. The van der Waals surface area contributed by atoms with Gasteiger partial charge in [0.25, 0.3) is 5.91 Å². The predicted octanol–water partition coefficient (Wildman–Crippen LogP) is 3.01. The van der Waals surface area contributed by atoms with Gasteiger partial charge in [0.1, 0.15) is 0 Å². The number of hydrogen-bond donors (Lipinski definition) is 1. The molecule has 1 aromatic rings. The first-order chi connectivity index (χ1) is 10.1. The van der Waals surface area contributed by atoms with Crippen LogP contribution in [0.2, 0.25) is 0 Å². The van der Waals surface area contributed by atoms with Gasteiger partial charge in [-0.2, -0.15) is 0 Å².